The fourth-order valence-corrected chi connectivity index (χ4v) is 5.61. The number of hydrogen-bond acceptors (Lipinski definition) is 3. The Balaban J connectivity index is 1.57. The molecule has 0 saturated heterocycles. The zero-order valence-corrected chi connectivity index (χ0v) is 20.0. The van der Waals surface area contributed by atoms with Crippen LogP contribution in [0, 0.1) is 0 Å². The number of aromatic nitrogens is 1. The summed E-state index contributed by atoms with van der Waals surface area (Å²) in [5.41, 5.74) is 7.56. The molecule has 0 atom stereocenters. The molecule has 2 heterocycles. The molecule has 6 rings (SSSR count). The van der Waals surface area contributed by atoms with Gasteiger partial charge in [-0.05, 0) is 41.4 Å². The standard InChI is InChI=1S/C31H23N3S/c1-32-27-19-20-35-31(27)30(26-16-6-5-13-23(26)22-11-3-2-4-12-22)33-21-34-28-17-9-7-14-24(28)25-15-8-10-18-29(25)34/h2-20H,1,21H2/b33-30-. The number of thiophene rings is 1. The summed E-state index contributed by atoms with van der Waals surface area (Å²) in [4.78, 5) is 10.6. The van der Waals surface area contributed by atoms with Crippen molar-refractivity contribution in [2.45, 2.75) is 6.67 Å². The second-order valence-corrected chi connectivity index (χ2v) is 9.23. The molecular formula is C31H23N3S. The van der Waals surface area contributed by atoms with E-state index in [0.717, 1.165) is 33.0 Å². The molecule has 3 nitrogen and oxygen atoms in total. The van der Waals surface area contributed by atoms with E-state index in [4.69, 9.17) is 4.99 Å². The van der Waals surface area contributed by atoms with E-state index in [2.05, 4.69) is 119 Å². The highest BCUT2D eigenvalue weighted by Gasteiger charge is 2.18. The Morgan fingerprint density at radius 1 is 0.714 bits per heavy atom. The molecule has 0 fully saturated rings. The van der Waals surface area contributed by atoms with Gasteiger partial charge in [0.25, 0.3) is 0 Å². The minimum absolute atomic E-state index is 0.501. The summed E-state index contributed by atoms with van der Waals surface area (Å²) in [5, 5.41) is 4.55. The van der Waals surface area contributed by atoms with E-state index in [1.807, 2.05) is 12.1 Å². The second kappa shape index (κ2) is 9.16. The van der Waals surface area contributed by atoms with Crippen molar-refractivity contribution in [2.75, 3.05) is 0 Å². The lowest BCUT2D eigenvalue weighted by Gasteiger charge is -2.14. The van der Waals surface area contributed by atoms with E-state index in [1.165, 1.54) is 21.8 Å². The topological polar surface area (TPSA) is 29.6 Å². The first-order chi connectivity index (χ1) is 17.3. The van der Waals surface area contributed by atoms with Crippen LogP contribution in [-0.4, -0.2) is 17.0 Å². The molecule has 0 saturated carbocycles. The molecule has 6 aromatic rings. The Kier molecular flexibility index (Phi) is 5.57. The van der Waals surface area contributed by atoms with Crippen molar-refractivity contribution in [1.29, 1.82) is 0 Å². The summed E-state index contributed by atoms with van der Waals surface area (Å²) in [6.45, 7) is 4.31. The van der Waals surface area contributed by atoms with Gasteiger partial charge in [0.15, 0.2) is 0 Å². The number of hydrogen-bond donors (Lipinski definition) is 0. The van der Waals surface area contributed by atoms with Crippen LogP contribution in [0.25, 0.3) is 32.9 Å². The van der Waals surface area contributed by atoms with Crippen molar-refractivity contribution in [2.24, 2.45) is 9.98 Å². The van der Waals surface area contributed by atoms with Gasteiger partial charge in [0, 0.05) is 16.3 Å². The van der Waals surface area contributed by atoms with Crippen molar-refractivity contribution in [3.05, 3.63) is 125 Å². The smallest absolute Gasteiger partial charge is 0.115 e. The van der Waals surface area contributed by atoms with Gasteiger partial charge in [-0.15, -0.1) is 11.3 Å². The molecule has 0 N–H and O–H groups in total. The minimum atomic E-state index is 0.501. The van der Waals surface area contributed by atoms with Crippen molar-refractivity contribution in [1.82, 2.24) is 4.57 Å². The lowest BCUT2D eigenvalue weighted by molar-refractivity contribution is 0.793. The summed E-state index contributed by atoms with van der Waals surface area (Å²) < 4.78 is 2.30. The second-order valence-electron chi connectivity index (χ2n) is 8.32. The van der Waals surface area contributed by atoms with Crippen molar-refractivity contribution in [3.8, 4) is 11.1 Å². The van der Waals surface area contributed by atoms with Gasteiger partial charge in [-0.2, -0.15) is 0 Å². The predicted molar refractivity (Wildman–Crippen MR) is 150 cm³/mol. The van der Waals surface area contributed by atoms with E-state index >= 15 is 0 Å². The largest absolute Gasteiger partial charge is 0.320 e. The van der Waals surface area contributed by atoms with Crippen LogP contribution < -0.4 is 0 Å². The van der Waals surface area contributed by atoms with E-state index in [9.17, 15) is 0 Å². The number of nitrogens with zero attached hydrogens (tertiary/aromatic N) is 3. The van der Waals surface area contributed by atoms with Gasteiger partial charge in [0.2, 0.25) is 0 Å². The quantitative estimate of drug-likeness (QED) is 0.219. The van der Waals surface area contributed by atoms with Gasteiger partial charge >= 0.3 is 0 Å². The van der Waals surface area contributed by atoms with E-state index in [-0.39, 0.29) is 0 Å². The van der Waals surface area contributed by atoms with E-state index < -0.39 is 0 Å². The first-order valence-electron chi connectivity index (χ1n) is 11.5. The zero-order chi connectivity index (χ0) is 23.6. The Morgan fingerprint density at radius 3 is 2.06 bits per heavy atom. The summed E-state index contributed by atoms with van der Waals surface area (Å²) in [6.07, 6.45) is 0. The fourth-order valence-electron chi connectivity index (χ4n) is 4.74. The minimum Gasteiger partial charge on any atom is -0.320 e. The molecule has 2 aromatic heterocycles. The van der Waals surface area contributed by atoms with Crippen LogP contribution in [0.1, 0.15) is 10.4 Å². The van der Waals surface area contributed by atoms with Crippen LogP contribution in [0.4, 0.5) is 5.69 Å². The zero-order valence-electron chi connectivity index (χ0n) is 19.1. The van der Waals surface area contributed by atoms with Crippen molar-refractivity contribution in [3.63, 3.8) is 0 Å². The molecule has 4 heteroatoms. The van der Waals surface area contributed by atoms with Gasteiger partial charge in [-0.1, -0.05) is 91.0 Å². The van der Waals surface area contributed by atoms with Gasteiger partial charge in [-0.3, -0.25) is 9.98 Å². The third kappa shape index (κ3) is 3.78. The van der Waals surface area contributed by atoms with Crippen LogP contribution >= 0.6 is 11.3 Å². The third-order valence-corrected chi connectivity index (χ3v) is 7.26. The fraction of sp³-hybridized carbons (Fsp3) is 0.0323. The van der Waals surface area contributed by atoms with Crippen LogP contribution in [0.3, 0.4) is 0 Å². The Hall–Kier alpha value is -4.28. The number of aliphatic imine (C=N–C) groups is 2. The summed E-state index contributed by atoms with van der Waals surface area (Å²) >= 11 is 1.65. The van der Waals surface area contributed by atoms with Crippen molar-refractivity contribution >= 4 is 51.3 Å². The number of para-hydroxylation sites is 2. The molecule has 0 spiro atoms. The third-order valence-electron chi connectivity index (χ3n) is 6.35. The molecule has 0 unspecified atom stereocenters. The molecule has 0 aliphatic heterocycles. The molecule has 35 heavy (non-hydrogen) atoms. The lowest BCUT2D eigenvalue weighted by atomic mass is 9.95. The normalized spacial score (nSPS) is 11.8. The molecule has 4 aromatic carbocycles. The highest BCUT2D eigenvalue weighted by Crippen LogP contribution is 2.33. The van der Waals surface area contributed by atoms with Crippen LogP contribution in [-0.2, 0) is 6.67 Å². The van der Waals surface area contributed by atoms with Gasteiger partial charge in [0.05, 0.1) is 27.3 Å². The maximum Gasteiger partial charge on any atom is 0.115 e. The Bertz CT molecular complexity index is 1640. The predicted octanol–water partition coefficient (Wildman–Crippen LogP) is 8.35. The molecular weight excluding hydrogens is 446 g/mol. The molecule has 0 aliphatic rings. The highest BCUT2D eigenvalue weighted by atomic mass is 32.1. The van der Waals surface area contributed by atoms with Crippen LogP contribution in [0.15, 0.2) is 125 Å². The number of fused-ring (bicyclic) bond motifs is 3. The van der Waals surface area contributed by atoms with Crippen LogP contribution in [0.2, 0.25) is 0 Å². The van der Waals surface area contributed by atoms with Gasteiger partial charge < -0.3 is 4.57 Å². The average Bonchev–Trinajstić information content (AvgIpc) is 3.53. The molecule has 0 amide bonds. The maximum atomic E-state index is 5.28. The monoisotopic (exact) mass is 469 g/mol. The first-order valence-corrected chi connectivity index (χ1v) is 12.4. The molecule has 168 valence electrons. The lowest BCUT2D eigenvalue weighted by Crippen LogP contribution is -2.07. The molecule has 0 bridgehead atoms. The van der Waals surface area contributed by atoms with E-state index in [0.29, 0.717) is 6.67 Å². The summed E-state index contributed by atoms with van der Waals surface area (Å²) in [7, 11) is 0. The summed E-state index contributed by atoms with van der Waals surface area (Å²) in [5.74, 6) is 0. The SMILES string of the molecule is C=Nc1ccsc1/C(=N\Cn1c2ccccc2c2ccccc21)c1ccccc1-c1ccccc1. The van der Waals surface area contributed by atoms with Crippen LogP contribution in [0.5, 0.6) is 0 Å². The molecule has 0 radical (unpaired) electrons. The number of rotatable bonds is 6. The Morgan fingerprint density at radius 2 is 1.34 bits per heavy atom. The Labute approximate surface area is 208 Å². The van der Waals surface area contributed by atoms with E-state index in [1.54, 1.807) is 11.3 Å². The average molecular weight is 470 g/mol. The van der Waals surface area contributed by atoms with Crippen molar-refractivity contribution < 1.29 is 0 Å². The van der Waals surface area contributed by atoms with Gasteiger partial charge in [0.1, 0.15) is 6.67 Å². The van der Waals surface area contributed by atoms with Gasteiger partial charge in [-0.25, -0.2) is 0 Å². The number of benzene rings is 4. The first kappa shape index (κ1) is 21.3. The maximum absolute atomic E-state index is 5.28. The molecule has 0 aliphatic carbocycles. The summed E-state index contributed by atoms with van der Waals surface area (Å²) in [6, 6.07) is 38.0. The highest BCUT2D eigenvalue weighted by molar-refractivity contribution is 7.13.